The van der Waals surface area contributed by atoms with E-state index in [9.17, 15) is 0 Å². The van der Waals surface area contributed by atoms with Crippen LogP contribution in [0, 0.1) is 6.92 Å². The van der Waals surface area contributed by atoms with Crippen molar-refractivity contribution in [1.29, 1.82) is 0 Å². The molecule has 34 heavy (non-hydrogen) atoms. The molecular formula is C32H29NO. The number of rotatable bonds is 4. The number of aryl methyl sites for hydroxylation is 2. The number of nitrogens with zero attached hydrogens (tertiary/aromatic N) is 1. The molecule has 0 spiro atoms. The summed E-state index contributed by atoms with van der Waals surface area (Å²) in [6.07, 6.45) is 2.18. The number of hydrogen-bond donors (Lipinski definition) is 0. The highest BCUT2D eigenvalue weighted by Crippen LogP contribution is 2.52. The predicted octanol–water partition coefficient (Wildman–Crippen LogP) is 7.51. The Balaban J connectivity index is 1.58. The van der Waals surface area contributed by atoms with Gasteiger partial charge in [0.2, 0.25) is 0 Å². The molecule has 4 aromatic carbocycles. The van der Waals surface area contributed by atoms with Crippen molar-refractivity contribution in [3.05, 3.63) is 136 Å². The molecule has 0 radical (unpaired) electrons. The van der Waals surface area contributed by atoms with Crippen molar-refractivity contribution in [3.63, 3.8) is 0 Å². The molecule has 0 saturated carbocycles. The number of ether oxygens (including phenoxy) is 1. The van der Waals surface area contributed by atoms with Gasteiger partial charge in [0, 0.05) is 29.4 Å². The average Bonchev–Trinajstić information content (AvgIpc) is 2.89. The van der Waals surface area contributed by atoms with E-state index in [1.807, 2.05) is 0 Å². The van der Waals surface area contributed by atoms with Crippen LogP contribution in [-0.4, -0.2) is 7.11 Å². The Bertz CT molecular complexity index is 1380. The minimum atomic E-state index is 0.285. The second-order valence-electron chi connectivity index (χ2n) is 9.31. The molecule has 0 N–H and O–H groups in total. The van der Waals surface area contributed by atoms with Crippen molar-refractivity contribution in [3.8, 4) is 5.75 Å². The minimum absolute atomic E-state index is 0.285. The van der Waals surface area contributed by atoms with Crippen LogP contribution in [0.25, 0.3) is 5.70 Å². The summed E-state index contributed by atoms with van der Waals surface area (Å²) < 4.78 is 5.40. The van der Waals surface area contributed by atoms with Gasteiger partial charge in [0.1, 0.15) is 5.75 Å². The van der Waals surface area contributed by atoms with E-state index in [2.05, 4.69) is 109 Å². The van der Waals surface area contributed by atoms with Crippen LogP contribution in [0.3, 0.4) is 0 Å². The minimum Gasteiger partial charge on any atom is -0.497 e. The topological polar surface area (TPSA) is 12.5 Å². The molecule has 2 nitrogen and oxygen atoms in total. The first-order valence-electron chi connectivity index (χ1n) is 12.1. The van der Waals surface area contributed by atoms with Crippen LogP contribution in [0.4, 0.5) is 5.69 Å². The van der Waals surface area contributed by atoms with Crippen LogP contribution in [0.15, 0.2) is 103 Å². The average molecular weight is 444 g/mol. The highest BCUT2D eigenvalue weighted by Gasteiger charge is 2.37. The molecule has 2 heteroatoms. The monoisotopic (exact) mass is 443 g/mol. The first-order valence-corrected chi connectivity index (χ1v) is 12.1. The van der Waals surface area contributed by atoms with Gasteiger partial charge < -0.3 is 9.64 Å². The maximum Gasteiger partial charge on any atom is 0.118 e. The molecule has 6 rings (SSSR count). The molecule has 168 valence electrons. The summed E-state index contributed by atoms with van der Waals surface area (Å²) in [4.78, 5) is 2.55. The van der Waals surface area contributed by atoms with Crippen molar-refractivity contribution < 1.29 is 4.74 Å². The Morgan fingerprint density at radius 3 is 2.26 bits per heavy atom. The largest absolute Gasteiger partial charge is 0.497 e. The predicted molar refractivity (Wildman–Crippen MR) is 140 cm³/mol. The SMILES string of the molecule is COc1ccc(CN2C3=C(CCc4ccccc43)[C@H](c3ccccc3C)c3ccccc32)cc1. The van der Waals surface area contributed by atoms with Crippen molar-refractivity contribution in [2.24, 2.45) is 0 Å². The van der Waals surface area contributed by atoms with Crippen LogP contribution in [0.1, 0.15) is 45.7 Å². The van der Waals surface area contributed by atoms with Crippen LogP contribution in [-0.2, 0) is 13.0 Å². The lowest BCUT2D eigenvalue weighted by molar-refractivity contribution is 0.414. The van der Waals surface area contributed by atoms with Crippen molar-refractivity contribution >= 4 is 11.4 Å². The molecule has 0 fully saturated rings. The van der Waals surface area contributed by atoms with Gasteiger partial charge in [-0.15, -0.1) is 0 Å². The Kier molecular flexibility index (Phi) is 5.22. The van der Waals surface area contributed by atoms with E-state index < -0.39 is 0 Å². The van der Waals surface area contributed by atoms with E-state index in [-0.39, 0.29) is 5.92 Å². The molecule has 2 aliphatic rings. The zero-order chi connectivity index (χ0) is 23.1. The Morgan fingerprint density at radius 2 is 1.47 bits per heavy atom. The first-order chi connectivity index (χ1) is 16.7. The van der Waals surface area contributed by atoms with Crippen LogP contribution < -0.4 is 9.64 Å². The van der Waals surface area contributed by atoms with Gasteiger partial charge in [0.05, 0.1) is 7.11 Å². The molecule has 4 aromatic rings. The van der Waals surface area contributed by atoms with Gasteiger partial charge in [-0.25, -0.2) is 0 Å². The number of anilines is 1. The fraction of sp³-hybridized carbons (Fsp3) is 0.188. The first kappa shape index (κ1) is 20.8. The standard InChI is InChI=1S/C32H29NO/c1-22-9-3-5-11-26(22)31-28-13-7-8-14-30(28)33(21-23-15-18-25(34-2)19-16-23)32-27-12-6-4-10-24(27)17-20-29(31)32/h3-16,18-19,31H,17,20-21H2,1-2H3/t31-/m1/s1. The van der Waals surface area contributed by atoms with Crippen molar-refractivity contribution in [2.45, 2.75) is 32.2 Å². The lowest BCUT2D eigenvalue weighted by atomic mass is 9.73. The third-order valence-corrected chi connectivity index (χ3v) is 7.40. The summed E-state index contributed by atoms with van der Waals surface area (Å²) in [5, 5.41) is 0. The van der Waals surface area contributed by atoms with Gasteiger partial charge in [0.15, 0.2) is 0 Å². The Morgan fingerprint density at radius 1 is 0.765 bits per heavy atom. The molecule has 1 aliphatic carbocycles. The van der Waals surface area contributed by atoms with E-state index in [0.717, 1.165) is 25.1 Å². The van der Waals surface area contributed by atoms with E-state index in [1.54, 1.807) is 12.7 Å². The molecule has 0 saturated heterocycles. The summed E-state index contributed by atoms with van der Waals surface area (Å²) in [6, 6.07) is 35.4. The second-order valence-corrected chi connectivity index (χ2v) is 9.31. The van der Waals surface area contributed by atoms with Gasteiger partial charge >= 0.3 is 0 Å². The molecular weight excluding hydrogens is 414 g/mol. The zero-order valence-electron chi connectivity index (χ0n) is 19.8. The normalized spacial score (nSPS) is 16.5. The summed E-state index contributed by atoms with van der Waals surface area (Å²) in [6.45, 7) is 3.08. The quantitative estimate of drug-likeness (QED) is 0.323. The third kappa shape index (κ3) is 3.42. The molecule has 0 amide bonds. The number of allylic oxidation sites excluding steroid dienone is 1. The van der Waals surface area contributed by atoms with E-state index in [1.165, 1.54) is 44.8 Å². The molecule has 1 aliphatic heterocycles. The molecule has 1 atom stereocenters. The maximum atomic E-state index is 5.40. The van der Waals surface area contributed by atoms with Crippen molar-refractivity contribution in [2.75, 3.05) is 12.0 Å². The van der Waals surface area contributed by atoms with E-state index in [0.29, 0.717) is 0 Å². The van der Waals surface area contributed by atoms with Gasteiger partial charge in [-0.1, -0.05) is 78.9 Å². The maximum absolute atomic E-state index is 5.40. The van der Waals surface area contributed by atoms with Crippen LogP contribution in [0.5, 0.6) is 5.75 Å². The molecule has 0 bridgehead atoms. The summed E-state index contributed by atoms with van der Waals surface area (Å²) >= 11 is 0. The summed E-state index contributed by atoms with van der Waals surface area (Å²) in [5.41, 5.74) is 12.5. The van der Waals surface area contributed by atoms with Gasteiger partial charge in [-0.05, 0) is 71.4 Å². The van der Waals surface area contributed by atoms with Gasteiger partial charge in [-0.2, -0.15) is 0 Å². The fourth-order valence-electron chi connectivity index (χ4n) is 5.76. The summed E-state index contributed by atoms with van der Waals surface area (Å²) in [7, 11) is 1.72. The Hall–Kier alpha value is -3.78. The van der Waals surface area contributed by atoms with E-state index in [4.69, 9.17) is 4.74 Å². The van der Waals surface area contributed by atoms with Gasteiger partial charge in [0.25, 0.3) is 0 Å². The lowest BCUT2D eigenvalue weighted by Gasteiger charge is -2.43. The highest BCUT2D eigenvalue weighted by atomic mass is 16.5. The number of para-hydroxylation sites is 1. The van der Waals surface area contributed by atoms with Crippen molar-refractivity contribution in [1.82, 2.24) is 0 Å². The number of hydrogen-bond acceptors (Lipinski definition) is 2. The second kappa shape index (κ2) is 8.53. The Labute approximate surface area is 202 Å². The van der Waals surface area contributed by atoms with Crippen LogP contribution >= 0.6 is 0 Å². The summed E-state index contributed by atoms with van der Waals surface area (Å²) in [5.74, 6) is 1.18. The van der Waals surface area contributed by atoms with Gasteiger partial charge in [-0.3, -0.25) is 0 Å². The number of benzene rings is 4. The molecule has 0 aromatic heterocycles. The highest BCUT2D eigenvalue weighted by molar-refractivity contribution is 5.90. The third-order valence-electron chi connectivity index (χ3n) is 7.40. The van der Waals surface area contributed by atoms with Crippen LogP contribution in [0.2, 0.25) is 0 Å². The van der Waals surface area contributed by atoms with E-state index >= 15 is 0 Å². The lowest BCUT2D eigenvalue weighted by Crippen LogP contribution is -2.32. The molecule has 1 heterocycles. The number of fused-ring (bicyclic) bond motifs is 3. The molecule has 0 unspecified atom stereocenters. The number of methoxy groups -OCH3 is 1. The fourth-order valence-corrected chi connectivity index (χ4v) is 5.76. The zero-order valence-corrected chi connectivity index (χ0v) is 19.8. The smallest absolute Gasteiger partial charge is 0.118 e.